The molecule has 0 saturated carbocycles. The monoisotopic (exact) mass is 371 g/mol. The summed E-state index contributed by atoms with van der Waals surface area (Å²) in [5.74, 6) is -0.183. The quantitative estimate of drug-likeness (QED) is 0.762. The Morgan fingerprint density at radius 1 is 1.26 bits per heavy atom. The van der Waals surface area contributed by atoms with Crippen molar-refractivity contribution >= 4 is 16.9 Å². The van der Waals surface area contributed by atoms with Crippen molar-refractivity contribution in [3.63, 3.8) is 0 Å². The first-order valence-corrected chi connectivity index (χ1v) is 9.20. The van der Waals surface area contributed by atoms with Gasteiger partial charge in [-0.15, -0.1) is 0 Å². The van der Waals surface area contributed by atoms with E-state index in [9.17, 15) is 8.78 Å². The third-order valence-corrected chi connectivity index (χ3v) is 5.59. The molecule has 1 aliphatic heterocycles. The van der Waals surface area contributed by atoms with Crippen LogP contribution < -0.4 is 4.90 Å². The molecule has 0 amide bonds. The minimum atomic E-state index is -0.789. The number of likely N-dealkylation sites (N-methyl/N-ethyl adjacent to an activating group) is 1. The van der Waals surface area contributed by atoms with Crippen molar-refractivity contribution in [1.82, 2.24) is 19.9 Å². The van der Waals surface area contributed by atoms with Crippen molar-refractivity contribution < 1.29 is 8.78 Å². The molecule has 0 spiro atoms. The third-order valence-electron chi connectivity index (χ3n) is 5.59. The van der Waals surface area contributed by atoms with Crippen molar-refractivity contribution in [3.8, 4) is 0 Å². The van der Waals surface area contributed by atoms with Crippen molar-refractivity contribution in [1.29, 1.82) is 0 Å². The Morgan fingerprint density at radius 2 is 2.11 bits per heavy atom. The maximum atomic E-state index is 14.1. The van der Waals surface area contributed by atoms with Gasteiger partial charge in [-0.2, -0.15) is 0 Å². The summed E-state index contributed by atoms with van der Waals surface area (Å²) in [5.41, 5.74) is 1.22. The molecule has 1 N–H and O–H groups in total. The summed E-state index contributed by atoms with van der Waals surface area (Å²) in [4.78, 5) is 16.2. The minimum absolute atomic E-state index is 0.225. The van der Waals surface area contributed by atoms with Crippen molar-refractivity contribution in [2.45, 2.75) is 25.9 Å². The standard InChI is InChI=1S/C20H23F2N5/c1-13-7-9-27(10-14-4-3-5-16(21)18(14)22)11-17(13)26(2)20-15-6-8-23-19(15)24-12-25-20/h3-6,8,12-13,17H,7,9-11H2,1-2H3,(H,23,24,25)/t13-,17+/m1/s1. The van der Waals surface area contributed by atoms with Crippen LogP contribution in [-0.2, 0) is 6.54 Å². The molecule has 2 atom stereocenters. The zero-order valence-corrected chi connectivity index (χ0v) is 15.5. The second-order valence-corrected chi connectivity index (χ2v) is 7.33. The van der Waals surface area contributed by atoms with Gasteiger partial charge in [0.25, 0.3) is 0 Å². The summed E-state index contributed by atoms with van der Waals surface area (Å²) in [6, 6.07) is 6.58. The maximum absolute atomic E-state index is 14.1. The van der Waals surface area contributed by atoms with Crippen LogP contribution in [-0.4, -0.2) is 46.0 Å². The lowest BCUT2D eigenvalue weighted by molar-refractivity contribution is 0.157. The Hall–Kier alpha value is -2.54. The Bertz CT molecular complexity index is 941. The van der Waals surface area contributed by atoms with Gasteiger partial charge in [-0.25, -0.2) is 18.7 Å². The van der Waals surface area contributed by atoms with Crippen LogP contribution in [0.3, 0.4) is 0 Å². The summed E-state index contributed by atoms with van der Waals surface area (Å²) in [6.07, 6.45) is 4.42. The zero-order valence-electron chi connectivity index (χ0n) is 15.5. The fourth-order valence-corrected chi connectivity index (χ4v) is 3.97. The van der Waals surface area contributed by atoms with Crippen LogP contribution in [0, 0.1) is 17.6 Å². The largest absolute Gasteiger partial charge is 0.354 e. The highest BCUT2D eigenvalue weighted by atomic mass is 19.2. The van der Waals surface area contributed by atoms with E-state index < -0.39 is 11.6 Å². The van der Waals surface area contributed by atoms with E-state index in [0.29, 0.717) is 18.0 Å². The summed E-state index contributed by atoms with van der Waals surface area (Å²) >= 11 is 0. The number of halogens is 2. The van der Waals surface area contributed by atoms with Crippen molar-refractivity contribution in [2.24, 2.45) is 5.92 Å². The number of rotatable bonds is 4. The van der Waals surface area contributed by atoms with Crippen LogP contribution in [0.4, 0.5) is 14.6 Å². The molecule has 1 aliphatic rings. The van der Waals surface area contributed by atoms with Crippen LogP contribution >= 0.6 is 0 Å². The predicted octanol–water partition coefficient (Wildman–Crippen LogP) is 3.58. The van der Waals surface area contributed by atoms with E-state index in [2.05, 4.69) is 31.7 Å². The number of anilines is 1. The van der Waals surface area contributed by atoms with Crippen LogP contribution in [0.1, 0.15) is 18.9 Å². The molecule has 0 radical (unpaired) electrons. The van der Waals surface area contributed by atoms with E-state index >= 15 is 0 Å². The van der Waals surface area contributed by atoms with Gasteiger partial charge in [0.15, 0.2) is 11.6 Å². The normalized spacial score (nSPS) is 20.9. The van der Waals surface area contributed by atoms with Gasteiger partial charge in [0.1, 0.15) is 17.8 Å². The topological polar surface area (TPSA) is 48.1 Å². The van der Waals surface area contributed by atoms with Crippen LogP contribution in [0.25, 0.3) is 11.0 Å². The molecule has 1 saturated heterocycles. The SMILES string of the molecule is C[C@@H]1CCN(Cc2cccc(F)c2F)C[C@@H]1N(C)c1ncnc2[nH]ccc12. The van der Waals surface area contributed by atoms with Crippen molar-refractivity contribution in [3.05, 3.63) is 54.0 Å². The van der Waals surface area contributed by atoms with Gasteiger partial charge in [0.05, 0.1) is 5.39 Å². The lowest BCUT2D eigenvalue weighted by Crippen LogP contribution is -2.51. The number of H-pyrrole nitrogens is 1. The average molecular weight is 371 g/mol. The molecule has 1 aromatic carbocycles. The molecule has 0 aliphatic carbocycles. The lowest BCUT2D eigenvalue weighted by Gasteiger charge is -2.42. The van der Waals surface area contributed by atoms with Crippen LogP contribution in [0.15, 0.2) is 36.8 Å². The summed E-state index contributed by atoms with van der Waals surface area (Å²) in [7, 11) is 2.04. The number of nitrogens with one attached hydrogen (secondary N) is 1. The lowest BCUT2D eigenvalue weighted by atomic mass is 9.92. The number of benzene rings is 1. The van der Waals surface area contributed by atoms with Crippen LogP contribution in [0.2, 0.25) is 0 Å². The maximum Gasteiger partial charge on any atom is 0.163 e. The number of piperidine rings is 1. The number of nitrogens with zero attached hydrogens (tertiary/aromatic N) is 4. The number of aromatic amines is 1. The van der Waals surface area contributed by atoms with Crippen molar-refractivity contribution in [2.75, 3.05) is 25.0 Å². The van der Waals surface area contributed by atoms with E-state index in [1.54, 1.807) is 18.5 Å². The van der Waals surface area contributed by atoms with Gasteiger partial charge >= 0.3 is 0 Å². The van der Waals surface area contributed by atoms with E-state index in [1.165, 1.54) is 0 Å². The molecular weight excluding hydrogens is 348 g/mol. The van der Waals surface area contributed by atoms with Gasteiger partial charge in [-0.3, -0.25) is 4.90 Å². The first-order valence-electron chi connectivity index (χ1n) is 9.20. The van der Waals surface area contributed by atoms with E-state index in [-0.39, 0.29) is 6.04 Å². The molecule has 0 bridgehead atoms. The van der Waals surface area contributed by atoms with Gasteiger partial charge in [0, 0.05) is 37.9 Å². The first-order chi connectivity index (χ1) is 13.0. The fraction of sp³-hybridized carbons (Fsp3) is 0.400. The molecule has 27 heavy (non-hydrogen) atoms. The number of aromatic nitrogens is 3. The van der Waals surface area contributed by atoms with Gasteiger partial charge < -0.3 is 9.88 Å². The first kappa shape index (κ1) is 17.9. The van der Waals surface area contributed by atoms with Gasteiger partial charge in [0.2, 0.25) is 0 Å². The van der Waals surface area contributed by atoms with Crippen LogP contribution in [0.5, 0.6) is 0 Å². The van der Waals surface area contributed by atoms with Gasteiger partial charge in [-0.05, 0) is 31.0 Å². The van der Waals surface area contributed by atoms with E-state index in [4.69, 9.17) is 0 Å². The molecule has 5 nitrogen and oxygen atoms in total. The molecule has 3 heterocycles. The molecule has 7 heteroatoms. The molecule has 142 valence electrons. The smallest absolute Gasteiger partial charge is 0.163 e. The summed E-state index contributed by atoms with van der Waals surface area (Å²) in [5, 5.41) is 0.987. The van der Waals surface area contributed by atoms with E-state index in [1.807, 2.05) is 19.3 Å². The highest BCUT2D eigenvalue weighted by molar-refractivity contribution is 5.87. The fourth-order valence-electron chi connectivity index (χ4n) is 3.97. The Morgan fingerprint density at radius 3 is 2.96 bits per heavy atom. The highest BCUT2D eigenvalue weighted by Gasteiger charge is 2.31. The number of hydrogen-bond donors (Lipinski definition) is 1. The molecule has 0 unspecified atom stereocenters. The Labute approximate surface area is 157 Å². The Kier molecular flexibility index (Phi) is 4.78. The molecule has 1 fully saturated rings. The van der Waals surface area contributed by atoms with E-state index in [0.717, 1.165) is 42.4 Å². The number of likely N-dealkylation sites (tertiary alicyclic amines) is 1. The Balaban J connectivity index is 1.55. The number of hydrogen-bond acceptors (Lipinski definition) is 4. The number of fused-ring (bicyclic) bond motifs is 1. The van der Waals surface area contributed by atoms with Gasteiger partial charge in [-0.1, -0.05) is 19.1 Å². The highest BCUT2D eigenvalue weighted by Crippen LogP contribution is 2.29. The minimum Gasteiger partial charge on any atom is -0.354 e. The molecular formula is C20H23F2N5. The molecule has 2 aromatic heterocycles. The zero-order chi connectivity index (χ0) is 19.0. The third kappa shape index (κ3) is 3.39. The predicted molar refractivity (Wildman–Crippen MR) is 101 cm³/mol. The molecule has 4 rings (SSSR count). The second-order valence-electron chi connectivity index (χ2n) is 7.33. The summed E-state index contributed by atoms with van der Waals surface area (Å²) < 4.78 is 27.6. The average Bonchev–Trinajstić information content (AvgIpc) is 3.15. The second kappa shape index (κ2) is 7.23. The summed E-state index contributed by atoms with van der Waals surface area (Å²) in [6.45, 7) is 4.27. The molecule has 3 aromatic rings.